The van der Waals surface area contributed by atoms with Gasteiger partial charge in [0.2, 0.25) is 0 Å². The van der Waals surface area contributed by atoms with Crippen LogP contribution in [0.5, 0.6) is 0 Å². The molecule has 1 N–H and O–H groups in total. The Morgan fingerprint density at radius 3 is 2.46 bits per heavy atom. The largest absolute Gasteiger partial charge is 2.00 e. The number of fused-ring (bicyclic) bond motifs is 1. The van der Waals surface area contributed by atoms with Crippen LogP contribution < -0.4 is 9.71 Å². The number of nitrogens with one attached hydrogen (secondary N) is 1. The zero-order valence-corrected chi connectivity index (χ0v) is 18.6. The third-order valence-corrected chi connectivity index (χ3v) is 4.77. The van der Waals surface area contributed by atoms with Gasteiger partial charge in [-0.25, -0.2) is 0 Å². The van der Waals surface area contributed by atoms with Gasteiger partial charge in [-0.05, 0) is 30.2 Å². The normalized spacial score (nSPS) is 14.8. The number of carbonyl (C=O) groups excluding carboxylic acids is 1. The van der Waals surface area contributed by atoms with Crippen molar-refractivity contribution in [1.82, 2.24) is 9.71 Å². The summed E-state index contributed by atoms with van der Waals surface area (Å²) in [6.45, 7) is 2.01. The summed E-state index contributed by atoms with van der Waals surface area (Å²) in [5, 5.41) is 1.09. The number of benzene rings is 1. The van der Waals surface area contributed by atoms with Crippen molar-refractivity contribution in [2.45, 2.75) is 52.4 Å². The first-order valence-corrected chi connectivity index (χ1v) is 8.61. The van der Waals surface area contributed by atoms with Crippen molar-refractivity contribution >= 4 is 28.1 Å². The molecule has 1 aliphatic carbocycles. The first-order chi connectivity index (χ1) is 10.6. The average Bonchev–Trinajstić information content (AvgIpc) is 2.82. The minimum Gasteiger partial charge on any atom is -0.755 e. The van der Waals surface area contributed by atoms with E-state index in [1.165, 1.54) is 37.7 Å². The second-order valence-corrected chi connectivity index (χ2v) is 6.52. The van der Waals surface area contributed by atoms with Gasteiger partial charge in [0.05, 0.1) is 0 Å². The minimum atomic E-state index is -2.60. The van der Waals surface area contributed by atoms with Gasteiger partial charge in [-0.1, -0.05) is 51.3 Å². The molecule has 1 aliphatic rings. The quantitative estimate of drug-likeness (QED) is 0.448. The van der Waals surface area contributed by atoms with E-state index < -0.39 is 17.2 Å². The Balaban J connectivity index is 0. The third kappa shape index (κ3) is 6.42. The first-order valence-electron chi connectivity index (χ1n) is 7.53. The van der Waals surface area contributed by atoms with Crippen LogP contribution in [0.25, 0.3) is 10.9 Å². The third-order valence-electron chi connectivity index (χ3n) is 4.42. The molecule has 1 unspecified atom stereocenters. The SMILES string of the molecule is C.Cc1[n-]c2cc(C(=O)NS(=O)[O-])ccc2c1C1CCCCC1.[Ar].[CH3-].[W+2]. The van der Waals surface area contributed by atoms with Crippen molar-refractivity contribution in [1.29, 1.82) is 0 Å². The molecule has 1 atom stereocenters. The van der Waals surface area contributed by atoms with Crippen LogP contribution in [0.15, 0.2) is 18.2 Å². The van der Waals surface area contributed by atoms with Crippen LogP contribution in [0.1, 0.15) is 67.1 Å². The van der Waals surface area contributed by atoms with Crippen molar-refractivity contribution in [2.24, 2.45) is 0 Å². The molecule has 26 heavy (non-hydrogen) atoms. The zero-order valence-electron chi connectivity index (χ0n) is 14.2. The Hall–Kier alpha value is 0.288. The van der Waals surface area contributed by atoms with Crippen LogP contribution in [0, 0.1) is 52.1 Å². The van der Waals surface area contributed by atoms with E-state index in [0.29, 0.717) is 11.5 Å². The molecule has 1 aromatic heterocycles. The summed E-state index contributed by atoms with van der Waals surface area (Å²) in [7, 11) is 0. The van der Waals surface area contributed by atoms with E-state index in [0.717, 1.165) is 16.6 Å². The second-order valence-electron chi connectivity index (χ2n) is 5.84. The molecule has 1 amide bonds. The molecule has 146 valence electrons. The fraction of sp³-hybridized carbons (Fsp3) is 0.444. The van der Waals surface area contributed by atoms with Crippen LogP contribution >= 0.6 is 0 Å². The Bertz CT molecular complexity index is 745. The Morgan fingerprint density at radius 1 is 1.27 bits per heavy atom. The van der Waals surface area contributed by atoms with Crippen LogP contribution in [0.2, 0.25) is 0 Å². The predicted octanol–water partition coefficient (Wildman–Crippen LogP) is 3.76. The molecule has 2 aromatic rings. The molecule has 1 saturated carbocycles. The molecule has 0 spiro atoms. The maximum Gasteiger partial charge on any atom is 2.00 e. The van der Waals surface area contributed by atoms with Crippen molar-refractivity contribution in [3.05, 3.63) is 42.4 Å². The van der Waals surface area contributed by atoms with Gasteiger partial charge < -0.3 is 17.0 Å². The number of hydrogen-bond acceptors (Lipinski definition) is 3. The van der Waals surface area contributed by atoms with E-state index in [1.54, 1.807) is 12.1 Å². The Kier molecular flexibility index (Phi) is 13.9. The van der Waals surface area contributed by atoms with E-state index in [4.69, 9.17) is 0 Å². The maximum atomic E-state index is 11.8. The zero-order chi connectivity index (χ0) is 15.7. The number of aryl methyl sites for hydroxylation is 1. The number of amides is 1. The number of hydrogen-bond donors (Lipinski definition) is 1. The van der Waals surface area contributed by atoms with Gasteiger partial charge in [0.15, 0.2) is 0 Å². The smallest absolute Gasteiger partial charge is 0.755 e. The molecule has 0 saturated heterocycles. The number of aromatic nitrogens is 1. The summed E-state index contributed by atoms with van der Waals surface area (Å²) in [6, 6.07) is 5.22. The number of carbonyl (C=O) groups is 1. The van der Waals surface area contributed by atoms with Crippen LogP contribution in [-0.4, -0.2) is 14.7 Å². The summed E-state index contributed by atoms with van der Waals surface area (Å²) < 4.78 is 23.0. The second kappa shape index (κ2) is 12.7. The maximum absolute atomic E-state index is 11.8. The molecular formula is C18H25ArN2O3SW-. The van der Waals surface area contributed by atoms with Gasteiger partial charge in [0, 0.05) is 54.6 Å². The molecule has 1 aromatic carbocycles. The van der Waals surface area contributed by atoms with E-state index in [-0.39, 0.29) is 73.7 Å². The summed E-state index contributed by atoms with van der Waals surface area (Å²) in [4.78, 5) is 16.3. The minimum absolute atomic E-state index is 0. The van der Waals surface area contributed by atoms with Crippen molar-refractivity contribution in [2.75, 3.05) is 0 Å². The molecular weight excluding hydrogens is 548 g/mol. The average molecular weight is 573 g/mol. The van der Waals surface area contributed by atoms with Crippen LogP contribution in [0.3, 0.4) is 0 Å². The fourth-order valence-electron chi connectivity index (χ4n) is 3.47. The number of rotatable bonds is 3. The molecule has 1 heterocycles. The Morgan fingerprint density at radius 2 is 1.88 bits per heavy atom. The molecule has 0 aliphatic heterocycles. The topological polar surface area (TPSA) is 83.3 Å². The standard InChI is InChI=1S/C16H20N2O3S.CH4.CH3.Ar.W/c1-10-15(11-5-3-2-4-6-11)13-8-7-12(9-14(13)17-10)16(19)18-22(20)21;;;;/h7-9,11H,2-6H2,1H3,(H3,17,18,19,20,21);1H4;1H3;;/q;;-1;;+2/p-2. The van der Waals surface area contributed by atoms with Gasteiger partial charge >= 0.3 is 21.1 Å². The van der Waals surface area contributed by atoms with E-state index >= 15 is 0 Å². The van der Waals surface area contributed by atoms with Crippen LogP contribution in [0.4, 0.5) is 0 Å². The van der Waals surface area contributed by atoms with E-state index in [1.807, 2.05) is 17.7 Å². The Labute approximate surface area is 203 Å². The van der Waals surface area contributed by atoms with Gasteiger partial charge in [0.1, 0.15) is 0 Å². The van der Waals surface area contributed by atoms with Gasteiger partial charge in [0.25, 0.3) is 5.91 Å². The summed E-state index contributed by atoms with van der Waals surface area (Å²) in [6.07, 6.45) is 6.20. The molecule has 0 bridgehead atoms. The van der Waals surface area contributed by atoms with Crippen LogP contribution in [-0.2, 0) is 32.3 Å². The van der Waals surface area contributed by atoms with Crippen molar-refractivity contribution in [3.8, 4) is 0 Å². The molecule has 1 fully saturated rings. The van der Waals surface area contributed by atoms with Gasteiger partial charge in [-0.15, -0.1) is 5.52 Å². The fourth-order valence-corrected chi connectivity index (χ4v) is 3.74. The summed E-state index contributed by atoms with van der Waals surface area (Å²) in [5.74, 6) is -0.0809. The first kappa shape index (κ1) is 28.5. The number of nitrogens with zero attached hydrogens (tertiary/aromatic N) is 1. The monoisotopic (exact) mass is 573 g/mol. The molecule has 8 heteroatoms. The predicted molar refractivity (Wildman–Crippen MR) is 97.4 cm³/mol. The molecule has 3 rings (SSSR count). The molecule has 5 nitrogen and oxygen atoms in total. The van der Waals surface area contributed by atoms with Crippen molar-refractivity contribution in [3.63, 3.8) is 0 Å². The summed E-state index contributed by atoms with van der Waals surface area (Å²) >= 11 is -2.60. The molecule has 0 radical (unpaired) electrons. The van der Waals surface area contributed by atoms with E-state index in [9.17, 15) is 13.6 Å². The van der Waals surface area contributed by atoms with Gasteiger partial charge in [-0.3, -0.25) is 13.7 Å². The van der Waals surface area contributed by atoms with Crippen molar-refractivity contribution < 1.29 is 72.4 Å². The van der Waals surface area contributed by atoms with Gasteiger partial charge in [-0.2, -0.15) is 5.69 Å². The summed E-state index contributed by atoms with van der Waals surface area (Å²) in [5.41, 5.74) is 3.40. The van der Waals surface area contributed by atoms with E-state index in [2.05, 4.69) is 4.98 Å².